The summed E-state index contributed by atoms with van der Waals surface area (Å²) in [5.74, 6) is -0.450. The zero-order valence-corrected chi connectivity index (χ0v) is 12.5. The number of carbonyl (C=O) groups excluding carboxylic acids is 1. The van der Waals surface area contributed by atoms with Crippen molar-refractivity contribution >= 4 is 11.7 Å². The first kappa shape index (κ1) is 14.9. The van der Waals surface area contributed by atoms with Crippen LogP contribution < -0.4 is 5.73 Å². The Hall–Kier alpha value is -2.49. The molecular formula is C17H20N2O2. The second-order valence-corrected chi connectivity index (χ2v) is 5.77. The van der Waals surface area contributed by atoms with E-state index in [0.717, 1.165) is 11.1 Å². The van der Waals surface area contributed by atoms with Gasteiger partial charge in [-0.2, -0.15) is 0 Å². The minimum atomic E-state index is -0.536. The number of hydrogen-bond donors (Lipinski definition) is 2. The van der Waals surface area contributed by atoms with Crippen LogP contribution in [0.1, 0.15) is 26.5 Å². The summed E-state index contributed by atoms with van der Waals surface area (Å²) in [4.78, 5) is 14.9. The third-order valence-electron chi connectivity index (χ3n) is 2.80. The van der Waals surface area contributed by atoms with Crippen molar-refractivity contribution in [3.63, 3.8) is 0 Å². The number of aromatic amines is 1. The van der Waals surface area contributed by atoms with Crippen LogP contribution in [0.25, 0.3) is 16.8 Å². The van der Waals surface area contributed by atoms with Crippen molar-refractivity contribution in [2.24, 2.45) is 5.73 Å². The van der Waals surface area contributed by atoms with E-state index in [-0.39, 0.29) is 0 Å². The predicted octanol–water partition coefficient (Wildman–Crippen LogP) is 3.32. The van der Waals surface area contributed by atoms with E-state index in [9.17, 15) is 4.79 Å². The molecule has 4 nitrogen and oxygen atoms in total. The highest BCUT2D eigenvalue weighted by molar-refractivity contribution is 5.92. The number of nitrogens with one attached hydrogen (secondary N) is 1. The van der Waals surface area contributed by atoms with Gasteiger partial charge in [-0.05, 0) is 32.4 Å². The van der Waals surface area contributed by atoms with Crippen molar-refractivity contribution in [3.05, 3.63) is 54.4 Å². The van der Waals surface area contributed by atoms with Gasteiger partial charge in [-0.3, -0.25) is 0 Å². The SMILES string of the molecule is CC(C)(C)OC(=O)/C=C(\N)c1[nH]ccc1-c1ccccc1. The molecule has 4 heteroatoms. The summed E-state index contributed by atoms with van der Waals surface area (Å²) in [6.07, 6.45) is 3.11. The molecule has 2 rings (SSSR count). The van der Waals surface area contributed by atoms with Crippen LogP contribution in [0.3, 0.4) is 0 Å². The van der Waals surface area contributed by atoms with Crippen molar-refractivity contribution in [1.29, 1.82) is 0 Å². The van der Waals surface area contributed by atoms with E-state index in [0.29, 0.717) is 11.4 Å². The molecule has 0 unspecified atom stereocenters. The molecule has 1 aromatic carbocycles. The maximum absolute atomic E-state index is 11.8. The molecule has 1 heterocycles. The number of H-pyrrole nitrogens is 1. The van der Waals surface area contributed by atoms with Crippen molar-refractivity contribution in [1.82, 2.24) is 4.98 Å². The average Bonchev–Trinajstić information content (AvgIpc) is 2.86. The summed E-state index contributed by atoms with van der Waals surface area (Å²) in [7, 11) is 0. The molecule has 1 aromatic heterocycles. The summed E-state index contributed by atoms with van der Waals surface area (Å²) in [5, 5.41) is 0. The lowest BCUT2D eigenvalue weighted by Gasteiger charge is -2.18. The molecule has 3 N–H and O–H groups in total. The number of esters is 1. The number of carbonyl (C=O) groups is 1. The van der Waals surface area contributed by atoms with Gasteiger partial charge in [0.25, 0.3) is 0 Å². The monoisotopic (exact) mass is 284 g/mol. The molecule has 0 aliphatic carbocycles. The first-order valence-corrected chi connectivity index (χ1v) is 6.80. The third kappa shape index (κ3) is 3.99. The predicted molar refractivity (Wildman–Crippen MR) is 84.2 cm³/mol. The van der Waals surface area contributed by atoms with Crippen LogP contribution in [0.15, 0.2) is 48.7 Å². The van der Waals surface area contributed by atoms with E-state index in [2.05, 4.69) is 4.98 Å². The van der Waals surface area contributed by atoms with Crippen LogP contribution in [0.5, 0.6) is 0 Å². The van der Waals surface area contributed by atoms with E-state index in [1.807, 2.05) is 57.2 Å². The standard InChI is InChI=1S/C17H20N2O2/c1-17(2,3)21-15(20)11-14(18)16-13(9-10-19-16)12-7-5-4-6-8-12/h4-11,19H,18H2,1-3H3/b14-11-. The van der Waals surface area contributed by atoms with Gasteiger partial charge in [-0.1, -0.05) is 30.3 Å². The van der Waals surface area contributed by atoms with Crippen LogP contribution >= 0.6 is 0 Å². The Morgan fingerprint density at radius 2 is 1.86 bits per heavy atom. The van der Waals surface area contributed by atoms with Crippen LogP contribution in [0.2, 0.25) is 0 Å². The van der Waals surface area contributed by atoms with Crippen molar-refractivity contribution in [3.8, 4) is 11.1 Å². The number of aromatic nitrogens is 1. The van der Waals surface area contributed by atoms with Gasteiger partial charge in [-0.25, -0.2) is 4.79 Å². The lowest BCUT2D eigenvalue weighted by molar-refractivity contribution is -0.148. The van der Waals surface area contributed by atoms with Gasteiger partial charge in [0.2, 0.25) is 0 Å². The molecule has 21 heavy (non-hydrogen) atoms. The topological polar surface area (TPSA) is 68.1 Å². The molecule has 0 aliphatic rings. The highest BCUT2D eigenvalue weighted by Gasteiger charge is 2.16. The molecule has 0 radical (unpaired) electrons. The largest absolute Gasteiger partial charge is 0.457 e. The Bertz CT molecular complexity index is 649. The normalized spacial score (nSPS) is 12.2. The zero-order valence-electron chi connectivity index (χ0n) is 12.5. The van der Waals surface area contributed by atoms with Gasteiger partial charge in [0.15, 0.2) is 0 Å². The Morgan fingerprint density at radius 1 is 1.19 bits per heavy atom. The molecular weight excluding hydrogens is 264 g/mol. The second-order valence-electron chi connectivity index (χ2n) is 5.77. The summed E-state index contributed by atoms with van der Waals surface area (Å²) < 4.78 is 5.24. The molecule has 0 aliphatic heterocycles. The van der Waals surface area contributed by atoms with Crippen LogP contribution in [0, 0.1) is 0 Å². The first-order chi connectivity index (χ1) is 9.87. The molecule has 0 saturated heterocycles. The fourth-order valence-electron chi connectivity index (χ4n) is 2.00. The molecule has 0 spiro atoms. The highest BCUT2D eigenvalue weighted by atomic mass is 16.6. The third-order valence-corrected chi connectivity index (χ3v) is 2.80. The lowest BCUT2D eigenvalue weighted by atomic mass is 10.0. The fourth-order valence-corrected chi connectivity index (χ4v) is 2.00. The molecule has 0 fully saturated rings. The molecule has 0 saturated carbocycles. The van der Waals surface area contributed by atoms with E-state index in [1.54, 1.807) is 6.20 Å². The van der Waals surface area contributed by atoms with Gasteiger partial charge in [-0.15, -0.1) is 0 Å². The minimum absolute atomic E-state index is 0.355. The number of ether oxygens (including phenoxy) is 1. The van der Waals surface area contributed by atoms with Crippen LogP contribution in [-0.2, 0) is 9.53 Å². The van der Waals surface area contributed by atoms with Gasteiger partial charge >= 0.3 is 5.97 Å². The number of hydrogen-bond acceptors (Lipinski definition) is 3. The van der Waals surface area contributed by atoms with Crippen LogP contribution in [0.4, 0.5) is 0 Å². The van der Waals surface area contributed by atoms with E-state index < -0.39 is 11.6 Å². The quantitative estimate of drug-likeness (QED) is 0.671. The van der Waals surface area contributed by atoms with Crippen molar-refractivity contribution < 1.29 is 9.53 Å². The molecule has 110 valence electrons. The Morgan fingerprint density at radius 3 is 2.48 bits per heavy atom. The van der Waals surface area contributed by atoms with E-state index >= 15 is 0 Å². The summed E-state index contributed by atoms with van der Waals surface area (Å²) in [5.41, 5.74) is 8.55. The van der Waals surface area contributed by atoms with Gasteiger partial charge < -0.3 is 15.5 Å². The Balaban J connectivity index is 2.27. The second kappa shape index (κ2) is 5.87. The number of nitrogens with two attached hydrogens (primary N) is 1. The smallest absolute Gasteiger partial charge is 0.333 e. The molecule has 0 atom stereocenters. The maximum Gasteiger partial charge on any atom is 0.333 e. The lowest BCUT2D eigenvalue weighted by Crippen LogP contribution is -2.23. The van der Waals surface area contributed by atoms with Gasteiger partial charge in [0.05, 0.1) is 11.4 Å². The van der Waals surface area contributed by atoms with Crippen LogP contribution in [-0.4, -0.2) is 16.6 Å². The Kier molecular flexibility index (Phi) is 4.17. The molecule has 2 aromatic rings. The average molecular weight is 284 g/mol. The van der Waals surface area contributed by atoms with E-state index in [1.165, 1.54) is 6.08 Å². The van der Waals surface area contributed by atoms with E-state index in [4.69, 9.17) is 10.5 Å². The van der Waals surface area contributed by atoms with Crippen molar-refractivity contribution in [2.45, 2.75) is 26.4 Å². The van der Waals surface area contributed by atoms with Crippen molar-refractivity contribution in [2.75, 3.05) is 0 Å². The molecule has 0 bridgehead atoms. The minimum Gasteiger partial charge on any atom is -0.457 e. The maximum atomic E-state index is 11.8. The number of benzene rings is 1. The first-order valence-electron chi connectivity index (χ1n) is 6.80. The highest BCUT2D eigenvalue weighted by Crippen LogP contribution is 2.26. The van der Waals surface area contributed by atoms with Gasteiger partial charge in [0, 0.05) is 17.8 Å². The zero-order chi connectivity index (χ0) is 15.5. The van der Waals surface area contributed by atoms with Gasteiger partial charge in [0.1, 0.15) is 5.60 Å². The molecule has 0 amide bonds. The Labute approximate surface area is 124 Å². The summed E-state index contributed by atoms with van der Waals surface area (Å²) in [6.45, 7) is 5.46. The summed E-state index contributed by atoms with van der Waals surface area (Å²) >= 11 is 0. The summed E-state index contributed by atoms with van der Waals surface area (Å²) in [6, 6.07) is 11.8. The number of rotatable bonds is 3. The fraction of sp³-hybridized carbons (Fsp3) is 0.235.